The first kappa shape index (κ1) is 24.5. The van der Waals surface area contributed by atoms with E-state index in [-0.39, 0.29) is 27.9 Å². The van der Waals surface area contributed by atoms with Crippen molar-refractivity contribution in [3.05, 3.63) is 68.0 Å². The van der Waals surface area contributed by atoms with Crippen molar-refractivity contribution in [2.45, 2.75) is 6.42 Å². The predicted octanol–water partition coefficient (Wildman–Crippen LogP) is 3.49. The molecular formula is C24H25BrN2O6. The van der Waals surface area contributed by atoms with Crippen LogP contribution in [-0.4, -0.2) is 58.0 Å². The Kier molecular flexibility index (Phi) is 7.88. The fraction of sp³-hybridized carbons (Fsp3) is 0.292. The molecule has 0 aliphatic heterocycles. The van der Waals surface area contributed by atoms with Gasteiger partial charge in [0, 0.05) is 16.6 Å². The summed E-state index contributed by atoms with van der Waals surface area (Å²) in [7, 11) is 6.79. The average molecular weight is 517 g/mol. The predicted molar refractivity (Wildman–Crippen MR) is 129 cm³/mol. The van der Waals surface area contributed by atoms with E-state index < -0.39 is 17.1 Å². The second kappa shape index (κ2) is 10.6. The van der Waals surface area contributed by atoms with Crippen LogP contribution in [0.4, 0.5) is 0 Å². The van der Waals surface area contributed by atoms with Crippen molar-refractivity contribution in [3.8, 4) is 11.5 Å². The summed E-state index contributed by atoms with van der Waals surface area (Å²) >= 11 is 3.33. The van der Waals surface area contributed by atoms with Crippen molar-refractivity contribution in [2.24, 2.45) is 0 Å². The minimum Gasteiger partial charge on any atom is -0.493 e. The number of carbonyl (C=O) groups is 2. The number of hydrogen-bond acceptors (Lipinski definition) is 7. The highest BCUT2D eigenvalue weighted by atomic mass is 79.9. The van der Waals surface area contributed by atoms with Crippen LogP contribution in [0.5, 0.6) is 11.5 Å². The van der Waals surface area contributed by atoms with Crippen LogP contribution in [0.25, 0.3) is 11.0 Å². The molecule has 1 aromatic heterocycles. The highest BCUT2D eigenvalue weighted by molar-refractivity contribution is 9.10. The summed E-state index contributed by atoms with van der Waals surface area (Å²) in [5.41, 5.74) is -0.546. The van der Waals surface area contributed by atoms with E-state index in [1.807, 2.05) is 19.0 Å². The molecule has 9 heteroatoms. The van der Waals surface area contributed by atoms with Crippen molar-refractivity contribution in [3.63, 3.8) is 0 Å². The SMILES string of the molecule is COc1ccc(C(=O)c2c(C(=O)NCCCN(C)C)oc3ccc(Br)cc3c2=O)cc1OC. The van der Waals surface area contributed by atoms with Crippen molar-refractivity contribution in [1.82, 2.24) is 10.2 Å². The Labute approximate surface area is 199 Å². The third-order valence-corrected chi connectivity index (χ3v) is 5.49. The summed E-state index contributed by atoms with van der Waals surface area (Å²) in [6.45, 7) is 1.14. The van der Waals surface area contributed by atoms with Gasteiger partial charge >= 0.3 is 0 Å². The lowest BCUT2D eigenvalue weighted by molar-refractivity contribution is 0.0912. The first-order valence-corrected chi connectivity index (χ1v) is 11.0. The molecule has 1 heterocycles. The second-order valence-corrected chi connectivity index (χ2v) is 8.50. The summed E-state index contributed by atoms with van der Waals surface area (Å²) in [6.07, 6.45) is 0.697. The molecular weight excluding hydrogens is 492 g/mol. The van der Waals surface area contributed by atoms with E-state index in [0.717, 1.165) is 6.54 Å². The molecule has 0 bridgehead atoms. The van der Waals surface area contributed by atoms with Crippen LogP contribution in [0.2, 0.25) is 0 Å². The monoisotopic (exact) mass is 516 g/mol. The van der Waals surface area contributed by atoms with Gasteiger partial charge in [-0.1, -0.05) is 15.9 Å². The number of fused-ring (bicyclic) bond motifs is 1. The van der Waals surface area contributed by atoms with E-state index >= 15 is 0 Å². The molecule has 8 nitrogen and oxygen atoms in total. The molecule has 0 saturated heterocycles. The zero-order valence-electron chi connectivity index (χ0n) is 18.9. The van der Waals surface area contributed by atoms with Crippen LogP contribution in [0, 0.1) is 0 Å². The molecule has 0 spiro atoms. The summed E-state index contributed by atoms with van der Waals surface area (Å²) in [6, 6.07) is 9.36. The number of halogens is 1. The summed E-state index contributed by atoms with van der Waals surface area (Å²) in [5, 5.41) is 2.93. The quantitative estimate of drug-likeness (QED) is 0.343. The molecule has 3 aromatic rings. The topological polar surface area (TPSA) is 98.1 Å². The van der Waals surface area contributed by atoms with Crippen molar-refractivity contribution in [1.29, 1.82) is 0 Å². The highest BCUT2D eigenvalue weighted by Gasteiger charge is 2.27. The maximum atomic E-state index is 13.5. The molecule has 174 valence electrons. The number of nitrogens with one attached hydrogen (secondary N) is 1. The van der Waals surface area contributed by atoms with Gasteiger partial charge < -0.3 is 24.1 Å². The third-order valence-electron chi connectivity index (χ3n) is 5.00. The number of amides is 1. The van der Waals surface area contributed by atoms with Gasteiger partial charge in [-0.3, -0.25) is 14.4 Å². The number of hydrogen-bond donors (Lipinski definition) is 1. The van der Waals surface area contributed by atoms with Crippen LogP contribution in [0.3, 0.4) is 0 Å². The number of rotatable bonds is 9. The molecule has 2 aromatic carbocycles. The van der Waals surface area contributed by atoms with Gasteiger partial charge in [0.1, 0.15) is 11.1 Å². The zero-order valence-corrected chi connectivity index (χ0v) is 20.4. The maximum Gasteiger partial charge on any atom is 0.287 e. The maximum absolute atomic E-state index is 13.5. The number of ether oxygens (including phenoxy) is 2. The molecule has 3 rings (SSSR count). The smallest absolute Gasteiger partial charge is 0.287 e. The van der Waals surface area contributed by atoms with E-state index in [0.29, 0.717) is 28.9 Å². The average Bonchev–Trinajstić information content (AvgIpc) is 2.80. The molecule has 0 saturated carbocycles. The number of methoxy groups -OCH3 is 2. The Morgan fingerprint density at radius 3 is 2.45 bits per heavy atom. The summed E-state index contributed by atoms with van der Waals surface area (Å²) in [4.78, 5) is 41.8. The first-order chi connectivity index (χ1) is 15.8. The number of ketones is 1. The summed E-state index contributed by atoms with van der Waals surface area (Å²) < 4.78 is 16.9. The highest BCUT2D eigenvalue weighted by Crippen LogP contribution is 2.29. The van der Waals surface area contributed by atoms with Gasteiger partial charge in [0.05, 0.1) is 19.6 Å². The lowest BCUT2D eigenvalue weighted by Gasteiger charge is -2.13. The number of nitrogens with zero attached hydrogens (tertiary/aromatic N) is 1. The van der Waals surface area contributed by atoms with Crippen molar-refractivity contribution >= 4 is 38.6 Å². The lowest BCUT2D eigenvalue weighted by atomic mass is 9.99. The van der Waals surface area contributed by atoms with E-state index in [1.165, 1.54) is 26.4 Å². The Balaban J connectivity index is 2.10. The van der Waals surface area contributed by atoms with Gasteiger partial charge in [-0.15, -0.1) is 0 Å². The molecule has 0 aliphatic carbocycles. The van der Waals surface area contributed by atoms with Gasteiger partial charge in [-0.05, 0) is 63.5 Å². The molecule has 33 heavy (non-hydrogen) atoms. The van der Waals surface area contributed by atoms with E-state index in [9.17, 15) is 14.4 Å². The lowest BCUT2D eigenvalue weighted by Crippen LogP contribution is -2.31. The van der Waals surface area contributed by atoms with Gasteiger partial charge in [0.25, 0.3) is 5.91 Å². The fourth-order valence-electron chi connectivity index (χ4n) is 3.33. The minimum absolute atomic E-state index is 0.163. The minimum atomic E-state index is -0.648. The standard InChI is InChI=1S/C24H25BrN2O6/c1-27(2)11-5-10-26-24(30)23-20(22(29)16-13-15(25)7-9-17(16)33-23)21(28)14-6-8-18(31-3)19(12-14)32-4/h6-9,12-13H,5,10-11H2,1-4H3,(H,26,30). The largest absolute Gasteiger partial charge is 0.493 e. The molecule has 0 fully saturated rings. The number of carbonyl (C=O) groups excluding carboxylic acids is 2. The van der Waals surface area contributed by atoms with Crippen LogP contribution in [0.15, 0.2) is 50.1 Å². The zero-order chi connectivity index (χ0) is 24.1. The van der Waals surface area contributed by atoms with Crippen LogP contribution < -0.4 is 20.2 Å². The molecule has 1 N–H and O–H groups in total. The van der Waals surface area contributed by atoms with E-state index in [1.54, 1.807) is 24.3 Å². The van der Waals surface area contributed by atoms with Crippen molar-refractivity contribution < 1.29 is 23.5 Å². The van der Waals surface area contributed by atoms with Gasteiger partial charge in [0.2, 0.25) is 17.0 Å². The van der Waals surface area contributed by atoms with Crippen LogP contribution in [0.1, 0.15) is 32.9 Å². The molecule has 0 radical (unpaired) electrons. The summed E-state index contributed by atoms with van der Waals surface area (Å²) in [5.74, 6) is -0.836. The molecule has 0 unspecified atom stereocenters. The number of benzene rings is 2. The Bertz CT molecular complexity index is 1250. The van der Waals surface area contributed by atoms with Gasteiger partial charge in [-0.25, -0.2) is 0 Å². The fourth-order valence-corrected chi connectivity index (χ4v) is 3.69. The Morgan fingerprint density at radius 2 is 1.79 bits per heavy atom. The third kappa shape index (κ3) is 5.43. The normalized spacial score (nSPS) is 11.0. The van der Waals surface area contributed by atoms with Crippen LogP contribution >= 0.6 is 15.9 Å². The van der Waals surface area contributed by atoms with E-state index in [2.05, 4.69) is 21.2 Å². The van der Waals surface area contributed by atoms with Gasteiger partial charge in [0.15, 0.2) is 11.5 Å². The van der Waals surface area contributed by atoms with Crippen LogP contribution in [-0.2, 0) is 0 Å². The first-order valence-electron chi connectivity index (χ1n) is 10.2. The van der Waals surface area contributed by atoms with E-state index in [4.69, 9.17) is 13.9 Å². The second-order valence-electron chi connectivity index (χ2n) is 7.59. The van der Waals surface area contributed by atoms with Gasteiger partial charge in [-0.2, -0.15) is 0 Å². The molecule has 1 amide bonds. The van der Waals surface area contributed by atoms with Crippen molar-refractivity contribution in [2.75, 3.05) is 41.4 Å². The molecule has 0 aliphatic rings. The molecule has 0 atom stereocenters. The Hall–Kier alpha value is -3.17. The Morgan fingerprint density at radius 1 is 1.06 bits per heavy atom.